The fourth-order valence-corrected chi connectivity index (χ4v) is 15.5. The van der Waals surface area contributed by atoms with Crippen molar-refractivity contribution in [1.29, 1.82) is 0 Å². The molecule has 0 aliphatic carbocycles. The molecule has 0 aliphatic rings. The predicted molar refractivity (Wildman–Crippen MR) is 449 cm³/mol. The van der Waals surface area contributed by atoms with Crippen LogP contribution in [-0.4, -0.2) is 44.4 Å². The molecule has 0 aliphatic heterocycles. The predicted octanol–water partition coefficient (Wildman–Crippen LogP) is 25.2. The molecule has 0 saturated carbocycles. The Hall–Kier alpha value is -14.8. The van der Waals surface area contributed by atoms with Crippen LogP contribution in [0.3, 0.4) is 0 Å². The summed E-state index contributed by atoms with van der Waals surface area (Å²) >= 11 is 0. The Labute approximate surface area is 628 Å². The van der Waals surface area contributed by atoms with Gasteiger partial charge in [0.25, 0.3) is 0 Å². The van der Waals surface area contributed by atoms with Gasteiger partial charge in [-0.25, -0.2) is 39.9 Å². The number of pyridine rings is 2. The van der Waals surface area contributed by atoms with Crippen LogP contribution < -0.4 is 0 Å². The van der Waals surface area contributed by atoms with Crippen LogP contribution in [0.25, 0.3) is 205 Å². The van der Waals surface area contributed by atoms with Gasteiger partial charge in [0, 0.05) is 98.8 Å². The highest BCUT2D eigenvalue weighted by molar-refractivity contribution is 6.23. The number of para-hydroxylation sites is 4. The highest BCUT2D eigenvalue weighted by Crippen LogP contribution is 2.44. The zero-order valence-electron chi connectivity index (χ0n) is 58.9. The highest BCUT2D eigenvalue weighted by atomic mass is 15.0. The first kappa shape index (κ1) is 63.9. The van der Waals surface area contributed by atoms with Crippen molar-refractivity contribution < 1.29 is 0 Å². The number of benzene rings is 15. The number of hydrogen-bond acceptors (Lipinski definition) is 8. The first-order valence-corrected chi connectivity index (χ1v) is 36.6. The molecule has 9 nitrogen and oxygen atoms in total. The minimum atomic E-state index is 0.681. The van der Waals surface area contributed by atoms with E-state index in [1.54, 1.807) is 0 Å². The van der Waals surface area contributed by atoms with Gasteiger partial charge >= 0.3 is 0 Å². The van der Waals surface area contributed by atoms with Gasteiger partial charge in [-0.2, -0.15) is 0 Å². The van der Waals surface area contributed by atoms with Gasteiger partial charge in [-0.15, -0.1) is 0 Å². The van der Waals surface area contributed by atoms with E-state index in [0.29, 0.717) is 5.82 Å². The van der Waals surface area contributed by atoms with Crippen molar-refractivity contribution in [3.63, 3.8) is 0 Å². The molecule has 0 saturated heterocycles. The zero-order valence-corrected chi connectivity index (χ0v) is 58.9. The Kier molecular flexibility index (Phi) is 16.0. The minimum Gasteiger partial charge on any atom is -0.309 e. The first-order chi connectivity index (χ1) is 54.0. The molecule has 6 heterocycles. The second kappa shape index (κ2) is 27.4. The zero-order chi connectivity index (χ0) is 72.1. The Morgan fingerprint density at radius 1 is 0.174 bits per heavy atom. The van der Waals surface area contributed by atoms with Crippen LogP contribution in [0.2, 0.25) is 0 Å². The van der Waals surface area contributed by atoms with Crippen molar-refractivity contribution in [2.24, 2.45) is 0 Å². The summed E-state index contributed by atoms with van der Waals surface area (Å²) in [4.78, 5) is 42.3. The third-order valence-corrected chi connectivity index (χ3v) is 20.6. The van der Waals surface area contributed by atoms with E-state index in [4.69, 9.17) is 39.9 Å². The van der Waals surface area contributed by atoms with Crippen molar-refractivity contribution in [3.8, 4) is 118 Å². The van der Waals surface area contributed by atoms with Gasteiger partial charge in [0.05, 0.1) is 89.7 Å². The maximum Gasteiger partial charge on any atom is 0.160 e. The summed E-state index contributed by atoms with van der Waals surface area (Å²) < 4.78 is 2.36. The standard InChI is InChI=1S/C51H32N4.C49H31N5/c1-3-14-34(15-4-1)49-50(35-16-5-2-6-17-35)54-51-44(53-49)31-30-42-47(51)41-22-7-10-23-43(41)52-48(42)37-19-13-18-36(32-37)33-26-28-38(29-27-33)55-45-24-11-8-20-39(45)40-21-9-12-25-46(40)55;1-5-16-32(17-6-1)42-31-43(53-49(52-42)35-22-11-4-12-23-35)36-24-15-25-37(30-36)45-39-28-29-41-48(44(39)38-26-13-14-27-40(38)50-45)54-47(34-20-9-3-10-21-34)46(51-41)33-18-7-2-8-19-33/h1-32H;1-31H. The SMILES string of the molecule is c1ccc(-c2cc(-c3cccc(-c4nc5ccccc5c5c4ccc4nc(-c6ccccc6)c(-c6ccccc6)nc45)c3)nc(-c3ccccc3)n2)cc1.c1ccc(-c2nc3ccc4c(-c5cccc(-c6ccc(-n7c8ccccc8c8ccccc87)cc6)c5)nc5ccccc5c4c3nc2-c2ccccc2)cc1. The van der Waals surface area contributed by atoms with Crippen molar-refractivity contribution in [2.75, 3.05) is 0 Å². The molecule has 0 fully saturated rings. The average molecular weight is 1390 g/mol. The third kappa shape index (κ3) is 11.7. The monoisotopic (exact) mass is 1390 g/mol. The summed E-state index contributed by atoms with van der Waals surface area (Å²) in [5.74, 6) is 0.681. The highest BCUT2D eigenvalue weighted by Gasteiger charge is 2.23. The van der Waals surface area contributed by atoms with E-state index in [1.165, 1.54) is 21.8 Å². The van der Waals surface area contributed by atoms with E-state index in [2.05, 4.69) is 296 Å². The average Bonchev–Trinajstić information content (AvgIpc) is 1.39. The summed E-state index contributed by atoms with van der Waals surface area (Å²) in [5.41, 5.74) is 27.1. The number of rotatable bonds is 11. The molecule has 0 bridgehead atoms. The maximum absolute atomic E-state index is 5.47. The van der Waals surface area contributed by atoms with E-state index in [0.717, 1.165) is 178 Å². The van der Waals surface area contributed by atoms with Gasteiger partial charge in [-0.1, -0.05) is 303 Å². The molecule has 0 N–H and O–H groups in total. The second-order valence-corrected chi connectivity index (χ2v) is 27.2. The van der Waals surface area contributed by atoms with Crippen LogP contribution in [0.1, 0.15) is 0 Å². The summed E-state index contributed by atoms with van der Waals surface area (Å²) in [6.45, 7) is 0. The number of fused-ring (bicyclic) bond motifs is 13. The number of hydrogen-bond donors (Lipinski definition) is 0. The van der Waals surface area contributed by atoms with Crippen molar-refractivity contribution in [1.82, 2.24) is 44.4 Å². The molecular weight excluding hydrogens is 1330 g/mol. The lowest BCUT2D eigenvalue weighted by atomic mass is 9.96. The van der Waals surface area contributed by atoms with Crippen LogP contribution >= 0.6 is 0 Å². The lowest BCUT2D eigenvalue weighted by Gasteiger charge is -2.15. The topological polar surface area (TPSA) is 108 Å². The summed E-state index contributed by atoms with van der Waals surface area (Å²) in [5, 5.41) is 8.76. The van der Waals surface area contributed by atoms with E-state index in [1.807, 2.05) is 91.0 Å². The molecule has 0 amide bonds. The van der Waals surface area contributed by atoms with Gasteiger partial charge < -0.3 is 4.57 Å². The van der Waals surface area contributed by atoms with Gasteiger partial charge in [0.1, 0.15) is 0 Å². The number of nitrogens with zero attached hydrogens (tertiary/aromatic N) is 9. The second-order valence-electron chi connectivity index (χ2n) is 27.2. The summed E-state index contributed by atoms with van der Waals surface area (Å²) in [6.07, 6.45) is 0. The van der Waals surface area contributed by atoms with E-state index in [-0.39, 0.29) is 0 Å². The molecule has 0 atom stereocenters. The largest absolute Gasteiger partial charge is 0.309 e. The van der Waals surface area contributed by atoms with E-state index in [9.17, 15) is 0 Å². The Morgan fingerprint density at radius 3 is 0.972 bits per heavy atom. The van der Waals surface area contributed by atoms with Crippen LogP contribution in [0.15, 0.2) is 382 Å². The molecule has 0 spiro atoms. The molecule has 0 unspecified atom stereocenters. The lowest BCUT2D eigenvalue weighted by Crippen LogP contribution is -1.98. The fraction of sp³-hybridized carbons (Fsp3) is 0. The van der Waals surface area contributed by atoms with Crippen molar-refractivity contribution >= 4 is 87.2 Å². The van der Waals surface area contributed by atoms with Crippen LogP contribution in [0, 0.1) is 0 Å². The van der Waals surface area contributed by atoms with Gasteiger partial charge in [0.2, 0.25) is 0 Å². The van der Waals surface area contributed by atoms with Gasteiger partial charge in [0.15, 0.2) is 5.82 Å². The normalized spacial score (nSPS) is 11.5. The molecule has 21 rings (SSSR count). The molecule has 109 heavy (non-hydrogen) atoms. The molecule has 0 radical (unpaired) electrons. The van der Waals surface area contributed by atoms with Crippen molar-refractivity contribution in [2.45, 2.75) is 0 Å². The lowest BCUT2D eigenvalue weighted by molar-refractivity contribution is 1.18. The smallest absolute Gasteiger partial charge is 0.160 e. The van der Waals surface area contributed by atoms with Crippen LogP contribution in [-0.2, 0) is 0 Å². The molecular formula is C100H63N9. The molecule has 6 aromatic heterocycles. The van der Waals surface area contributed by atoms with Crippen LogP contribution in [0.4, 0.5) is 0 Å². The quantitative estimate of drug-likeness (QED) is 0.118. The number of aromatic nitrogens is 9. The van der Waals surface area contributed by atoms with Crippen molar-refractivity contribution in [3.05, 3.63) is 382 Å². The Balaban J connectivity index is 0.000000143. The fourth-order valence-electron chi connectivity index (χ4n) is 15.5. The summed E-state index contributed by atoms with van der Waals surface area (Å²) in [6, 6.07) is 132. The molecule has 508 valence electrons. The molecule has 21 aromatic rings. The van der Waals surface area contributed by atoms with Crippen LogP contribution in [0.5, 0.6) is 0 Å². The van der Waals surface area contributed by atoms with E-state index >= 15 is 0 Å². The third-order valence-electron chi connectivity index (χ3n) is 20.6. The Morgan fingerprint density at radius 2 is 0.514 bits per heavy atom. The first-order valence-electron chi connectivity index (χ1n) is 36.6. The molecule has 9 heteroatoms. The Bertz CT molecular complexity index is 6950. The maximum atomic E-state index is 5.47. The van der Waals surface area contributed by atoms with E-state index < -0.39 is 0 Å². The molecule has 15 aromatic carbocycles. The van der Waals surface area contributed by atoms with Gasteiger partial charge in [-0.3, -0.25) is 0 Å². The van der Waals surface area contributed by atoms with Gasteiger partial charge in [-0.05, 0) is 90.0 Å². The summed E-state index contributed by atoms with van der Waals surface area (Å²) in [7, 11) is 0. The minimum absolute atomic E-state index is 0.681.